The van der Waals surface area contributed by atoms with Crippen molar-refractivity contribution in [3.8, 4) is 11.8 Å². The zero-order valence-electron chi connectivity index (χ0n) is 14.8. The number of carbonyl (C=O) groups excluding carboxylic acids is 1. The molecule has 1 saturated heterocycles. The van der Waals surface area contributed by atoms with Crippen LogP contribution < -0.4 is 4.74 Å². The van der Waals surface area contributed by atoms with Crippen molar-refractivity contribution in [2.24, 2.45) is 0 Å². The fourth-order valence-corrected chi connectivity index (χ4v) is 2.82. The minimum absolute atomic E-state index is 0.220. The number of halogens is 3. The summed E-state index contributed by atoms with van der Waals surface area (Å²) in [4.78, 5) is 14.3. The molecule has 1 heterocycles. The second-order valence-electron chi connectivity index (χ2n) is 6.28. The Morgan fingerprint density at radius 2 is 1.82 bits per heavy atom. The van der Waals surface area contributed by atoms with E-state index >= 15 is 0 Å². The maximum Gasteiger partial charge on any atom is 0.416 e. The molecule has 1 atom stereocenters. The average Bonchev–Trinajstić information content (AvgIpc) is 2.93. The predicted molar refractivity (Wildman–Crippen MR) is 93.7 cm³/mol. The summed E-state index contributed by atoms with van der Waals surface area (Å²) in [6, 6.07) is 12.7. The third-order valence-electron chi connectivity index (χ3n) is 4.27. The number of carbonyl (C=O) groups is 1. The zero-order valence-corrected chi connectivity index (χ0v) is 14.8. The first-order chi connectivity index (χ1) is 13.4. The Bertz CT molecular complexity index is 858. The van der Waals surface area contributed by atoms with Crippen molar-refractivity contribution in [2.75, 3.05) is 26.3 Å². The number of nitrogens with zero attached hydrogens (tertiary/aromatic N) is 2. The first-order valence-electron chi connectivity index (χ1n) is 8.58. The quantitative estimate of drug-likeness (QED) is 0.805. The highest BCUT2D eigenvalue weighted by Gasteiger charge is 2.30. The molecule has 28 heavy (non-hydrogen) atoms. The van der Waals surface area contributed by atoms with Crippen molar-refractivity contribution < 1.29 is 27.4 Å². The minimum Gasteiger partial charge on any atom is -0.486 e. The number of hydrogen-bond acceptors (Lipinski definition) is 4. The molecular weight excluding hydrogens is 373 g/mol. The molecule has 0 unspecified atom stereocenters. The van der Waals surface area contributed by atoms with Gasteiger partial charge in [0.15, 0.2) is 0 Å². The van der Waals surface area contributed by atoms with E-state index in [0.29, 0.717) is 24.3 Å². The summed E-state index contributed by atoms with van der Waals surface area (Å²) in [5.74, 6) is 0.0466. The van der Waals surface area contributed by atoms with E-state index in [1.54, 1.807) is 29.2 Å². The summed E-state index contributed by atoms with van der Waals surface area (Å²) in [5, 5.41) is 8.85. The lowest BCUT2D eigenvalue weighted by Crippen LogP contribution is -2.40. The smallest absolute Gasteiger partial charge is 0.416 e. The van der Waals surface area contributed by atoms with E-state index in [1.807, 2.05) is 6.07 Å². The summed E-state index contributed by atoms with van der Waals surface area (Å²) in [5.41, 5.74) is 0.142. The molecule has 5 nitrogen and oxygen atoms in total. The van der Waals surface area contributed by atoms with Gasteiger partial charge in [0.1, 0.15) is 11.9 Å². The van der Waals surface area contributed by atoms with Gasteiger partial charge in [-0.15, -0.1) is 0 Å². The van der Waals surface area contributed by atoms with Crippen LogP contribution in [0, 0.1) is 11.3 Å². The summed E-state index contributed by atoms with van der Waals surface area (Å²) >= 11 is 0. The van der Waals surface area contributed by atoms with Crippen LogP contribution in [0.5, 0.6) is 5.75 Å². The highest BCUT2D eigenvalue weighted by atomic mass is 19.4. The van der Waals surface area contributed by atoms with Gasteiger partial charge < -0.3 is 14.4 Å². The topological polar surface area (TPSA) is 62.6 Å². The number of rotatable bonds is 3. The Hall–Kier alpha value is -3.05. The van der Waals surface area contributed by atoms with E-state index in [9.17, 15) is 18.0 Å². The van der Waals surface area contributed by atoms with Crippen LogP contribution in [0.1, 0.15) is 21.5 Å². The van der Waals surface area contributed by atoms with Crippen LogP contribution in [-0.2, 0) is 10.9 Å². The molecule has 1 fully saturated rings. The molecule has 0 spiro atoms. The fraction of sp³-hybridized carbons (Fsp3) is 0.300. The van der Waals surface area contributed by atoms with Crippen LogP contribution in [-0.4, -0.2) is 43.2 Å². The third-order valence-corrected chi connectivity index (χ3v) is 4.27. The maximum absolute atomic E-state index is 12.7. The SMILES string of the molecule is N#Cc1ccc(C(=O)N2CCOC[C@H](Oc3ccc(C(F)(F)F)cc3)C2)cc1. The molecule has 2 aromatic rings. The van der Waals surface area contributed by atoms with Gasteiger partial charge in [0, 0.05) is 12.1 Å². The van der Waals surface area contributed by atoms with Crippen molar-refractivity contribution in [1.82, 2.24) is 4.90 Å². The first-order valence-corrected chi connectivity index (χ1v) is 8.58. The second-order valence-corrected chi connectivity index (χ2v) is 6.28. The van der Waals surface area contributed by atoms with E-state index in [4.69, 9.17) is 14.7 Å². The van der Waals surface area contributed by atoms with Gasteiger partial charge in [0.2, 0.25) is 0 Å². The molecule has 2 aromatic carbocycles. The van der Waals surface area contributed by atoms with Crippen LogP contribution in [0.2, 0.25) is 0 Å². The van der Waals surface area contributed by atoms with Crippen LogP contribution in [0.3, 0.4) is 0 Å². The number of amides is 1. The molecule has 0 saturated carbocycles. The standard InChI is InChI=1S/C20H17F3N2O3/c21-20(22,23)16-5-7-17(8-6-16)28-18-12-25(9-10-27-13-18)19(26)15-3-1-14(11-24)2-4-15/h1-8,18H,9-10,12-13H2/t18-/m1/s1. The van der Waals surface area contributed by atoms with Gasteiger partial charge in [0.05, 0.1) is 37.0 Å². The Labute approximate surface area is 159 Å². The molecule has 1 amide bonds. The molecule has 8 heteroatoms. The average molecular weight is 390 g/mol. The Kier molecular flexibility index (Phi) is 5.85. The minimum atomic E-state index is -4.41. The predicted octanol–water partition coefficient (Wildman–Crippen LogP) is 3.50. The molecule has 0 N–H and O–H groups in total. The van der Waals surface area contributed by atoms with Crippen molar-refractivity contribution in [3.05, 3.63) is 65.2 Å². The largest absolute Gasteiger partial charge is 0.486 e. The van der Waals surface area contributed by atoms with Gasteiger partial charge in [0.25, 0.3) is 5.91 Å². The Morgan fingerprint density at radius 1 is 1.14 bits per heavy atom. The van der Waals surface area contributed by atoms with Gasteiger partial charge >= 0.3 is 6.18 Å². The van der Waals surface area contributed by atoms with Gasteiger partial charge in [-0.1, -0.05) is 0 Å². The van der Waals surface area contributed by atoms with Gasteiger partial charge in [-0.25, -0.2) is 0 Å². The van der Waals surface area contributed by atoms with Crippen LogP contribution >= 0.6 is 0 Å². The molecule has 0 aliphatic carbocycles. The van der Waals surface area contributed by atoms with Crippen LogP contribution in [0.15, 0.2) is 48.5 Å². The molecule has 3 rings (SSSR count). The molecule has 0 aromatic heterocycles. The molecular formula is C20H17F3N2O3. The molecule has 0 radical (unpaired) electrons. The highest BCUT2D eigenvalue weighted by Crippen LogP contribution is 2.30. The summed E-state index contributed by atoms with van der Waals surface area (Å²) in [6.45, 7) is 1.15. The lowest BCUT2D eigenvalue weighted by molar-refractivity contribution is -0.137. The van der Waals surface area contributed by atoms with E-state index < -0.39 is 17.8 Å². The Balaban J connectivity index is 1.67. The molecule has 1 aliphatic rings. The molecule has 1 aliphatic heterocycles. The lowest BCUT2D eigenvalue weighted by atomic mass is 10.1. The third kappa shape index (κ3) is 4.81. The van der Waals surface area contributed by atoms with Gasteiger partial charge in [-0.05, 0) is 48.5 Å². The van der Waals surface area contributed by atoms with Crippen LogP contribution in [0.25, 0.3) is 0 Å². The van der Waals surface area contributed by atoms with Crippen molar-refractivity contribution >= 4 is 5.91 Å². The van der Waals surface area contributed by atoms with E-state index in [-0.39, 0.29) is 24.8 Å². The van der Waals surface area contributed by atoms with E-state index in [2.05, 4.69) is 0 Å². The highest BCUT2D eigenvalue weighted by molar-refractivity contribution is 5.94. The number of ether oxygens (including phenoxy) is 2. The first kappa shape index (κ1) is 19.7. The normalized spacial score (nSPS) is 17.5. The monoisotopic (exact) mass is 390 g/mol. The number of nitriles is 1. The molecule has 146 valence electrons. The van der Waals surface area contributed by atoms with Crippen molar-refractivity contribution in [2.45, 2.75) is 12.3 Å². The Morgan fingerprint density at radius 3 is 2.43 bits per heavy atom. The second kappa shape index (κ2) is 8.31. The summed E-state index contributed by atoms with van der Waals surface area (Å²) in [7, 11) is 0. The number of hydrogen-bond donors (Lipinski definition) is 0. The van der Waals surface area contributed by atoms with Crippen molar-refractivity contribution in [1.29, 1.82) is 5.26 Å². The summed E-state index contributed by atoms with van der Waals surface area (Å²) < 4.78 is 49.2. The zero-order chi connectivity index (χ0) is 20.1. The number of alkyl halides is 3. The fourth-order valence-electron chi connectivity index (χ4n) is 2.82. The van der Waals surface area contributed by atoms with E-state index in [0.717, 1.165) is 12.1 Å². The van der Waals surface area contributed by atoms with Gasteiger partial charge in [-0.2, -0.15) is 18.4 Å². The maximum atomic E-state index is 12.7. The van der Waals surface area contributed by atoms with Crippen LogP contribution in [0.4, 0.5) is 13.2 Å². The van der Waals surface area contributed by atoms with E-state index in [1.165, 1.54) is 12.1 Å². The summed E-state index contributed by atoms with van der Waals surface area (Å²) in [6.07, 6.45) is -4.92. The molecule has 0 bridgehead atoms. The number of benzene rings is 2. The lowest BCUT2D eigenvalue weighted by Gasteiger charge is -2.24. The van der Waals surface area contributed by atoms with Gasteiger partial charge in [-0.3, -0.25) is 4.79 Å². The van der Waals surface area contributed by atoms with Crippen molar-refractivity contribution in [3.63, 3.8) is 0 Å².